The third-order valence-electron chi connectivity index (χ3n) is 0.362. The first kappa shape index (κ1) is 12.2. The average Bonchev–Trinajstić information content (AvgIpc) is 1.61. The second-order valence-corrected chi connectivity index (χ2v) is 0.991. The van der Waals surface area contributed by atoms with Crippen molar-refractivity contribution in [3.63, 3.8) is 0 Å². The van der Waals surface area contributed by atoms with Crippen molar-refractivity contribution in [2.24, 2.45) is 0 Å². The van der Waals surface area contributed by atoms with E-state index in [1.165, 1.54) is 0 Å². The first-order valence-electron chi connectivity index (χ1n) is 1.75. The van der Waals surface area contributed by atoms with E-state index in [9.17, 15) is 14.7 Å². The molecule has 5 heteroatoms. The Morgan fingerprint density at radius 3 is 1.89 bits per heavy atom. The Labute approximate surface area is 100 Å². The largest absolute Gasteiger partial charge is 1.00 e. The molecule has 0 aromatic heterocycles. The summed E-state index contributed by atoms with van der Waals surface area (Å²) in [6, 6.07) is 0. The van der Waals surface area contributed by atoms with E-state index in [0.717, 1.165) is 0 Å². The smallest absolute Gasteiger partial charge is 0.545 e. The van der Waals surface area contributed by atoms with Gasteiger partial charge >= 0.3 is 64.2 Å². The first-order valence-corrected chi connectivity index (χ1v) is 1.75. The Balaban J connectivity index is 0. The van der Waals surface area contributed by atoms with Crippen LogP contribution in [0.25, 0.3) is 0 Å². The molecule has 0 aliphatic heterocycles. The van der Waals surface area contributed by atoms with E-state index < -0.39 is 11.9 Å². The van der Waals surface area contributed by atoms with Crippen LogP contribution >= 0.6 is 0 Å². The van der Waals surface area contributed by atoms with Gasteiger partial charge in [0.15, 0.2) is 0 Å². The number of hydrogen-bond acceptors (Lipinski definition) is 3. The summed E-state index contributed by atoms with van der Waals surface area (Å²) in [6.07, 6.45) is 0.942. The van der Waals surface area contributed by atoms with Crippen LogP contribution in [0.4, 0.5) is 0 Å². The summed E-state index contributed by atoms with van der Waals surface area (Å²) >= 11 is 0. The number of aliphatic carboxylic acids is 2. The summed E-state index contributed by atoms with van der Waals surface area (Å²) < 4.78 is 0. The number of carboxylic acids is 2. The fourth-order valence-electron chi connectivity index (χ4n) is 0.139. The third-order valence-corrected chi connectivity index (χ3v) is 0.362. The molecule has 44 valence electrons. The van der Waals surface area contributed by atoms with Crippen LogP contribution in [0, 0.1) is 0 Å². The molecule has 9 heavy (non-hydrogen) atoms. The van der Waals surface area contributed by atoms with Gasteiger partial charge in [-0.25, -0.2) is 4.79 Å². The zero-order valence-corrected chi connectivity index (χ0v) is 9.74. The molecule has 0 heterocycles. The topological polar surface area (TPSA) is 77.4 Å². The Morgan fingerprint density at radius 2 is 1.78 bits per heavy atom. The van der Waals surface area contributed by atoms with Gasteiger partial charge in [-0.05, 0) is 6.08 Å². The Hall–Kier alpha value is 0.485. The molecule has 0 atom stereocenters. The van der Waals surface area contributed by atoms with Crippen molar-refractivity contribution in [2.75, 3.05) is 0 Å². The molecule has 0 amide bonds. The second kappa shape index (κ2) is 6.60. The molecule has 0 fully saturated rings. The zero-order valence-electron chi connectivity index (χ0n) is 4.83. The number of carbonyl (C=O) groups is 2. The predicted molar refractivity (Wildman–Crippen MR) is 21.8 cm³/mol. The molecule has 0 aliphatic rings. The van der Waals surface area contributed by atoms with E-state index >= 15 is 0 Å². The maximum atomic E-state index is 9.53. The molecule has 1 N–H and O–H groups in total. The summed E-state index contributed by atoms with van der Waals surface area (Å²) in [5.74, 6) is -2.80. The number of hydrogen-bond donors (Lipinski definition) is 1. The van der Waals surface area contributed by atoms with Crippen LogP contribution in [0.3, 0.4) is 0 Å². The Kier molecular flexibility index (Phi) is 8.94. The Bertz CT molecular complexity index is 124. The van der Waals surface area contributed by atoms with Crippen LogP contribution in [0.5, 0.6) is 0 Å². The van der Waals surface area contributed by atoms with Crippen molar-refractivity contribution < 1.29 is 78.0 Å². The van der Waals surface area contributed by atoms with Gasteiger partial charge in [0.05, 0.1) is 5.97 Å². The van der Waals surface area contributed by atoms with Gasteiger partial charge in [-0.15, -0.1) is 0 Å². The van der Waals surface area contributed by atoms with E-state index in [1.807, 2.05) is 0 Å². The van der Waals surface area contributed by atoms with Crippen molar-refractivity contribution in [1.29, 1.82) is 0 Å². The van der Waals surface area contributed by atoms with Gasteiger partial charge in [-0.3, -0.25) is 0 Å². The van der Waals surface area contributed by atoms with Gasteiger partial charge in [0.25, 0.3) is 0 Å². The number of carboxylic acid groups (broad SMARTS) is 2. The average molecular weight is 201 g/mol. The molecule has 0 bridgehead atoms. The van der Waals surface area contributed by atoms with Crippen molar-refractivity contribution in [3.8, 4) is 0 Å². The van der Waals surface area contributed by atoms with Crippen molar-refractivity contribution in [3.05, 3.63) is 12.2 Å². The van der Waals surface area contributed by atoms with E-state index in [1.54, 1.807) is 0 Å². The van der Waals surface area contributed by atoms with Crippen LogP contribution in [0.1, 0.15) is 0 Å². The van der Waals surface area contributed by atoms with Gasteiger partial charge in [0.1, 0.15) is 0 Å². The molecule has 0 saturated heterocycles. The van der Waals surface area contributed by atoms with Crippen molar-refractivity contribution in [1.82, 2.24) is 0 Å². The minimum atomic E-state index is -1.51. The van der Waals surface area contributed by atoms with Crippen LogP contribution < -0.4 is 63.3 Å². The quantitative estimate of drug-likeness (QED) is 0.455. The van der Waals surface area contributed by atoms with Crippen molar-refractivity contribution in [2.45, 2.75) is 0 Å². The van der Waals surface area contributed by atoms with Gasteiger partial charge in [0.2, 0.25) is 0 Å². The number of rotatable bonds is 2. The monoisotopic (exact) mass is 200 g/mol. The van der Waals surface area contributed by atoms with E-state index in [2.05, 4.69) is 0 Å². The van der Waals surface area contributed by atoms with Gasteiger partial charge in [-0.2, -0.15) is 0 Å². The number of carbonyl (C=O) groups excluding carboxylic acids is 1. The third kappa shape index (κ3) is 11.9. The summed E-state index contributed by atoms with van der Waals surface area (Å²) in [4.78, 5) is 19.0. The van der Waals surface area contributed by atoms with Crippen LogP contribution in [-0.2, 0) is 9.59 Å². The molecule has 0 aliphatic carbocycles. The predicted octanol–water partition coefficient (Wildman–Crippen LogP) is -4.62. The van der Waals surface area contributed by atoms with Gasteiger partial charge < -0.3 is 15.0 Å². The summed E-state index contributed by atoms with van der Waals surface area (Å²) in [5, 5.41) is 17.2. The van der Waals surface area contributed by atoms with Crippen LogP contribution in [-0.4, -0.2) is 17.0 Å². The van der Waals surface area contributed by atoms with Crippen LogP contribution in [0.2, 0.25) is 0 Å². The fraction of sp³-hybridized carbons (Fsp3) is 0. The maximum absolute atomic E-state index is 9.53. The van der Waals surface area contributed by atoms with E-state index in [-0.39, 0.29) is 58.2 Å². The molecular formula is C4H3O4Rb. The fourth-order valence-corrected chi connectivity index (χ4v) is 0.139. The second-order valence-electron chi connectivity index (χ2n) is 0.991. The molecule has 0 saturated carbocycles. The molecule has 4 nitrogen and oxygen atoms in total. The standard InChI is InChI=1S/C4H4O4.Rb/c5-3(6)1-2-4(7)8;/h1-2H,(H,5,6)(H,7,8);/q;+1/p-1/b2-1+;. The maximum Gasteiger partial charge on any atom is 1.00 e. The van der Waals surface area contributed by atoms with E-state index in [0.29, 0.717) is 12.2 Å². The summed E-state index contributed by atoms with van der Waals surface area (Å²) in [7, 11) is 0. The molecule has 0 rings (SSSR count). The minimum Gasteiger partial charge on any atom is -0.545 e. The zero-order chi connectivity index (χ0) is 6.57. The molecule has 0 spiro atoms. The SMILES string of the molecule is O=C([O-])/C=C/C(=O)O.[Rb+]. The van der Waals surface area contributed by atoms with Gasteiger partial charge in [-0.1, -0.05) is 0 Å². The normalized spacial score (nSPS) is 8.44. The Morgan fingerprint density at radius 1 is 1.33 bits per heavy atom. The van der Waals surface area contributed by atoms with E-state index in [4.69, 9.17) is 5.11 Å². The molecule has 0 aromatic rings. The summed E-state index contributed by atoms with van der Waals surface area (Å²) in [5.41, 5.74) is 0. The summed E-state index contributed by atoms with van der Waals surface area (Å²) in [6.45, 7) is 0. The molecular weight excluding hydrogens is 198 g/mol. The molecule has 0 aromatic carbocycles. The van der Waals surface area contributed by atoms with Crippen molar-refractivity contribution >= 4 is 11.9 Å². The molecule has 0 unspecified atom stereocenters. The van der Waals surface area contributed by atoms with Gasteiger partial charge in [0, 0.05) is 6.08 Å². The van der Waals surface area contributed by atoms with Crippen LogP contribution in [0.15, 0.2) is 12.2 Å². The minimum absolute atomic E-state index is 0. The molecule has 0 radical (unpaired) electrons. The first-order chi connectivity index (χ1) is 3.63.